The van der Waals surface area contributed by atoms with Gasteiger partial charge in [-0.3, -0.25) is 4.55 Å². The Morgan fingerprint density at radius 3 is 2.03 bits per heavy atom. The van der Waals surface area contributed by atoms with Crippen molar-refractivity contribution < 1.29 is 52.4 Å². The minimum absolute atomic E-state index is 0. The van der Waals surface area contributed by atoms with Crippen LogP contribution in [0.4, 0.5) is 0 Å². The van der Waals surface area contributed by atoms with Crippen LogP contribution in [0.2, 0.25) is 0 Å². The van der Waals surface area contributed by atoms with Gasteiger partial charge in [-0.2, -0.15) is 8.42 Å². The summed E-state index contributed by atoms with van der Waals surface area (Å²) < 4.78 is 39.0. The van der Waals surface area contributed by atoms with Gasteiger partial charge in [0.15, 0.2) is 5.75 Å². The number of para-hydroxylation sites is 1. The molecule has 0 aliphatic heterocycles. The molecule has 2 aromatic carbocycles. The van der Waals surface area contributed by atoms with Gasteiger partial charge in [-0.25, -0.2) is 0 Å². The third-order valence-corrected chi connectivity index (χ3v) is 6.04. The maximum Gasteiger partial charge on any atom is 1.00 e. The summed E-state index contributed by atoms with van der Waals surface area (Å²) in [6, 6.07) is 10.6. The van der Waals surface area contributed by atoms with Gasteiger partial charge < -0.3 is 9.84 Å². The quantitative estimate of drug-likeness (QED) is 0.268. The number of aryl methyl sites for hydroxylation is 1. The number of unbranched alkanes of at least 4 members (excludes halogenated alkanes) is 9. The van der Waals surface area contributed by atoms with Crippen molar-refractivity contribution >= 4 is 10.1 Å². The summed E-state index contributed by atoms with van der Waals surface area (Å²) in [4.78, 5) is -0.275. The molecule has 2 aromatic rings. The van der Waals surface area contributed by atoms with E-state index in [1.54, 1.807) is 24.3 Å². The van der Waals surface area contributed by atoms with Gasteiger partial charge in [0.05, 0.1) is 0 Å². The van der Waals surface area contributed by atoms with E-state index in [9.17, 15) is 18.1 Å². The zero-order valence-electron chi connectivity index (χ0n) is 18.8. The van der Waals surface area contributed by atoms with Gasteiger partial charge in [-0.05, 0) is 36.6 Å². The Kier molecular flexibility index (Phi) is 13.5. The Morgan fingerprint density at radius 1 is 0.871 bits per heavy atom. The normalized spacial score (nSPS) is 11.2. The largest absolute Gasteiger partial charge is 1.00 e. The molecule has 7 heteroatoms. The van der Waals surface area contributed by atoms with E-state index in [1.807, 2.05) is 0 Å². The fourth-order valence-electron chi connectivity index (χ4n) is 3.54. The average molecular weight is 457 g/mol. The summed E-state index contributed by atoms with van der Waals surface area (Å²) in [6.07, 6.45) is 12.8. The number of hydrogen-bond acceptors (Lipinski definition) is 4. The van der Waals surface area contributed by atoms with Gasteiger partial charge in [0.2, 0.25) is 0 Å². The van der Waals surface area contributed by atoms with Crippen LogP contribution in [0.1, 0.15) is 76.7 Å². The first kappa shape index (κ1) is 28.0. The monoisotopic (exact) mass is 456 g/mol. The molecule has 0 aliphatic carbocycles. The number of hydrogen-bond donors (Lipinski definition) is 1. The van der Waals surface area contributed by atoms with Crippen LogP contribution in [0.5, 0.6) is 17.2 Å². The van der Waals surface area contributed by atoms with E-state index in [0.29, 0.717) is 12.0 Å². The third-order valence-electron chi connectivity index (χ3n) is 5.16. The molecule has 0 aromatic heterocycles. The molecule has 0 heterocycles. The van der Waals surface area contributed by atoms with Crippen molar-refractivity contribution in [1.82, 2.24) is 0 Å². The molecular formula is C24H33NaO5S. The molecule has 0 spiro atoms. The van der Waals surface area contributed by atoms with Crippen LogP contribution in [-0.4, -0.2) is 13.0 Å². The van der Waals surface area contributed by atoms with Crippen molar-refractivity contribution in [2.45, 2.75) is 82.4 Å². The SMILES string of the molecule is CCCCCCCCCCCCc1cccc(S(=O)(=O)O)c1Oc1cccc([O-])c1.[Na+]. The molecular weight excluding hydrogens is 423 g/mol. The Hall–Kier alpha value is -1.05. The van der Waals surface area contributed by atoms with Gasteiger partial charge >= 0.3 is 29.6 Å². The van der Waals surface area contributed by atoms with Crippen LogP contribution in [0.25, 0.3) is 0 Å². The Balaban J connectivity index is 0.00000480. The molecule has 0 bridgehead atoms. The molecule has 31 heavy (non-hydrogen) atoms. The van der Waals surface area contributed by atoms with E-state index in [0.717, 1.165) is 19.3 Å². The van der Waals surface area contributed by atoms with E-state index < -0.39 is 10.1 Å². The van der Waals surface area contributed by atoms with Crippen molar-refractivity contribution in [1.29, 1.82) is 0 Å². The van der Waals surface area contributed by atoms with E-state index in [4.69, 9.17) is 4.74 Å². The molecule has 0 amide bonds. The molecule has 0 radical (unpaired) electrons. The Morgan fingerprint density at radius 2 is 1.45 bits per heavy atom. The zero-order valence-corrected chi connectivity index (χ0v) is 21.6. The summed E-state index contributed by atoms with van der Waals surface area (Å²) >= 11 is 0. The molecule has 0 fully saturated rings. The zero-order chi connectivity index (χ0) is 21.8. The van der Waals surface area contributed by atoms with Crippen molar-refractivity contribution in [3.05, 3.63) is 48.0 Å². The number of benzene rings is 2. The van der Waals surface area contributed by atoms with Crippen LogP contribution in [0, 0.1) is 0 Å². The van der Waals surface area contributed by atoms with Crippen molar-refractivity contribution in [2.24, 2.45) is 0 Å². The standard InChI is InChI=1S/C24H34O5S.Na/c1-2-3-4-5-6-7-8-9-10-11-14-20-15-12-18-23(30(26,27)28)24(20)29-22-17-13-16-21(25)19-22;/h12-13,15-19,25H,2-11,14H2,1H3,(H,26,27,28);/q;+1/p-1. The summed E-state index contributed by atoms with van der Waals surface area (Å²) in [5.74, 6) is 0.123. The molecule has 0 unspecified atom stereocenters. The van der Waals surface area contributed by atoms with E-state index in [1.165, 1.54) is 63.1 Å². The molecule has 0 aliphatic rings. The first-order valence-corrected chi connectivity index (χ1v) is 12.4. The van der Waals surface area contributed by atoms with Gasteiger partial charge in [0.25, 0.3) is 10.1 Å². The van der Waals surface area contributed by atoms with Crippen molar-refractivity contribution in [3.63, 3.8) is 0 Å². The third kappa shape index (κ3) is 10.4. The van der Waals surface area contributed by atoms with Gasteiger partial charge in [0.1, 0.15) is 10.6 Å². The van der Waals surface area contributed by atoms with Gasteiger partial charge in [-0.15, -0.1) is 5.75 Å². The van der Waals surface area contributed by atoms with Crippen molar-refractivity contribution in [2.75, 3.05) is 0 Å². The maximum absolute atomic E-state index is 11.8. The molecule has 0 atom stereocenters. The van der Waals surface area contributed by atoms with Gasteiger partial charge in [0, 0.05) is 0 Å². The van der Waals surface area contributed by atoms with Crippen molar-refractivity contribution in [3.8, 4) is 17.2 Å². The van der Waals surface area contributed by atoms with E-state index in [-0.39, 0.29) is 51.7 Å². The molecule has 1 N–H and O–H groups in total. The van der Waals surface area contributed by atoms with Crippen LogP contribution < -0.4 is 39.4 Å². The Bertz CT molecular complexity index is 883. The second-order valence-corrected chi connectivity index (χ2v) is 9.12. The molecule has 0 saturated heterocycles. The topological polar surface area (TPSA) is 86.7 Å². The second-order valence-electron chi connectivity index (χ2n) is 7.73. The smallest absolute Gasteiger partial charge is 0.872 e. The number of rotatable bonds is 14. The number of ether oxygens (including phenoxy) is 1. The minimum atomic E-state index is -4.44. The van der Waals surface area contributed by atoms with E-state index in [2.05, 4.69) is 6.92 Å². The predicted octanol–water partition coefficient (Wildman–Crippen LogP) is 3.27. The predicted molar refractivity (Wildman–Crippen MR) is 118 cm³/mol. The molecule has 166 valence electrons. The summed E-state index contributed by atoms with van der Waals surface area (Å²) in [6.45, 7) is 2.23. The van der Waals surface area contributed by atoms with Crippen LogP contribution >= 0.6 is 0 Å². The van der Waals surface area contributed by atoms with Gasteiger partial charge in [-0.1, -0.05) is 89.0 Å². The Labute approximate surface area is 209 Å². The maximum atomic E-state index is 11.8. The summed E-state index contributed by atoms with van der Waals surface area (Å²) in [7, 11) is -4.44. The fraction of sp³-hybridized carbons (Fsp3) is 0.500. The first-order chi connectivity index (χ1) is 14.4. The molecule has 2 rings (SSSR count). The minimum Gasteiger partial charge on any atom is -0.872 e. The van der Waals surface area contributed by atoms with Crippen LogP contribution in [-0.2, 0) is 16.5 Å². The first-order valence-electron chi connectivity index (χ1n) is 11.0. The van der Waals surface area contributed by atoms with Crippen LogP contribution in [0.15, 0.2) is 47.4 Å². The summed E-state index contributed by atoms with van der Waals surface area (Å²) in [5.41, 5.74) is 0.709. The molecule has 5 nitrogen and oxygen atoms in total. The summed E-state index contributed by atoms with van der Waals surface area (Å²) in [5, 5.41) is 11.6. The van der Waals surface area contributed by atoms with E-state index >= 15 is 0 Å². The van der Waals surface area contributed by atoms with Crippen LogP contribution in [0.3, 0.4) is 0 Å². The average Bonchev–Trinajstić information content (AvgIpc) is 2.69. The second kappa shape index (κ2) is 14.9. The molecule has 0 saturated carbocycles. The fourth-order valence-corrected chi connectivity index (χ4v) is 4.19.